The highest BCUT2D eigenvalue weighted by molar-refractivity contribution is 6.44. The third kappa shape index (κ3) is 3.12. The van der Waals surface area contributed by atoms with E-state index in [1.807, 2.05) is 0 Å². The maximum Gasteiger partial charge on any atom is 0.110 e. The second kappa shape index (κ2) is 5.26. The molecule has 0 fully saturated rings. The molecule has 0 heterocycles. The summed E-state index contributed by atoms with van der Waals surface area (Å²) in [6.45, 7) is 8.06. The third-order valence-corrected chi connectivity index (χ3v) is 2.63. The normalized spacial score (nSPS) is 17.4. The molecule has 61 valence electrons. The number of hydrogen-bond donors (Lipinski definition) is 0. The van der Waals surface area contributed by atoms with E-state index in [0.29, 0.717) is 11.8 Å². The Morgan fingerprint density at radius 1 is 1.40 bits per heavy atom. The molecule has 2 heteroatoms. The summed E-state index contributed by atoms with van der Waals surface area (Å²) in [4.78, 5) is -0.234. The van der Waals surface area contributed by atoms with Gasteiger partial charge >= 0.3 is 0 Å². The fraction of sp³-hybridized carbons (Fsp3) is 0.875. The lowest BCUT2D eigenvalue weighted by Gasteiger charge is -2.21. The molecule has 0 amide bonds. The van der Waals surface area contributed by atoms with Gasteiger partial charge in [0.25, 0.3) is 0 Å². The van der Waals surface area contributed by atoms with Crippen LogP contribution in [-0.4, -0.2) is 4.84 Å². The van der Waals surface area contributed by atoms with Crippen LogP contribution in [0.2, 0.25) is 0 Å². The average Bonchev–Trinajstić information content (AvgIpc) is 1.88. The van der Waals surface area contributed by atoms with E-state index in [1.165, 1.54) is 0 Å². The highest BCUT2D eigenvalue weighted by Gasteiger charge is 2.19. The lowest BCUT2D eigenvalue weighted by molar-refractivity contribution is 0.369. The summed E-state index contributed by atoms with van der Waals surface area (Å²) < 4.78 is 0. The van der Waals surface area contributed by atoms with Gasteiger partial charge in [-0.25, -0.2) is 0 Å². The van der Waals surface area contributed by atoms with Gasteiger partial charge in [-0.3, -0.25) is 0 Å². The number of hydrogen-bond acceptors (Lipinski definition) is 0. The van der Waals surface area contributed by atoms with Crippen LogP contribution in [0.4, 0.5) is 0 Å². The zero-order chi connectivity index (χ0) is 8.15. The first-order valence-electron chi connectivity index (χ1n) is 3.70. The molecule has 0 bridgehead atoms. The number of alkyl halides is 2. The van der Waals surface area contributed by atoms with Crippen molar-refractivity contribution in [1.82, 2.24) is 0 Å². The molecule has 0 aromatic carbocycles. The first-order chi connectivity index (χ1) is 4.63. The van der Waals surface area contributed by atoms with E-state index >= 15 is 0 Å². The lowest BCUT2D eigenvalue weighted by Crippen LogP contribution is -2.16. The van der Waals surface area contributed by atoms with Crippen molar-refractivity contribution in [1.29, 1.82) is 0 Å². The first-order valence-corrected chi connectivity index (χ1v) is 4.58. The van der Waals surface area contributed by atoms with Gasteiger partial charge in [0.1, 0.15) is 4.84 Å². The predicted octanol–water partition coefficient (Wildman–Crippen LogP) is 3.68. The van der Waals surface area contributed by atoms with Gasteiger partial charge in [-0.05, 0) is 11.8 Å². The summed E-state index contributed by atoms with van der Waals surface area (Å²) in [5, 5.41) is 0. The Kier molecular flexibility index (Phi) is 5.56. The van der Waals surface area contributed by atoms with E-state index in [9.17, 15) is 0 Å². The Balaban J connectivity index is 3.80. The minimum atomic E-state index is -0.234. The van der Waals surface area contributed by atoms with Crippen molar-refractivity contribution in [3.05, 3.63) is 6.92 Å². The van der Waals surface area contributed by atoms with E-state index in [1.54, 1.807) is 0 Å². The van der Waals surface area contributed by atoms with Crippen molar-refractivity contribution in [2.24, 2.45) is 11.8 Å². The molecule has 2 atom stereocenters. The molecular weight excluding hydrogens is 167 g/mol. The SMILES string of the molecule is [CH2]CC(C)C(CC)C(Cl)Cl. The quantitative estimate of drug-likeness (QED) is 0.582. The molecular formula is C8H15Cl2. The van der Waals surface area contributed by atoms with Crippen LogP contribution >= 0.6 is 23.2 Å². The van der Waals surface area contributed by atoms with Crippen LogP contribution in [0.25, 0.3) is 0 Å². The molecule has 0 aliphatic heterocycles. The summed E-state index contributed by atoms with van der Waals surface area (Å²) in [5.74, 6) is 0.936. The maximum atomic E-state index is 5.76. The number of rotatable bonds is 4. The Morgan fingerprint density at radius 3 is 2.00 bits per heavy atom. The van der Waals surface area contributed by atoms with Crippen molar-refractivity contribution in [3.63, 3.8) is 0 Å². The molecule has 0 aliphatic carbocycles. The van der Waals surface area contributed by atoms with Crippen molar-refractivity contribution < 1.29 is 0 Å². The maximum absolute atomic E-state index is 5.76. The zero-order valence-corrected chi connectivity index (χ0v) is 8.12. The molecule has 0 aromatic heterocycles. The standard InChI is InChI=1S/C8H15Cl2/c1-4-6(3)7(5-2)8(9)10/h6-8H,1,4-5H2,2-3H3. The van der Waals surface area contributed by atoms with Crippen LogP contribution in [0.3, 0.4) is 0 Å². The zero-order valence-electron chi connectivity index (χ0n) is 6.61. The molecule has 0 saturated carbocycles. The fourth-order valence-electron chi connectivity index (χ4n) is 1.04. The molecule has 0 spiro atoms. The average molecular weight is 182 g/mol. The van der Waals surface area contributed by atoms with Crippen LogP contribution < -0.4 is 0 Å². The Hall–Kier alpha value is 0.580. The fourth-order valence-corrected chi connectivity index (χ4v) is 1.90. The Bertz CT molecular complexity index is 81.3. The summed E-state index contributed by atoms with van der Waals surface area (Å²) in [6, 6.07) is 0. The minimum absolute atomic E-state index is 0.234. The van der Waals surface area contributed by atoms with Crippen LogP contribution in [0, 0.1) is 18.8 Å². The third-order valence-electron chi connectivity index (χ3n) is 1.98. The smallest absolute Gasteiger partial charge is 0.105 e. The van der Waals surface area contributed by atoms with Gasteiger partial charge in [-0.1, -0.05) is 33.6 Å². The van der Waals surface area contributed by atoms with Gasteiger partial charge in [0.15, 0.2) is 0 Å². The van der Waals surface area contributed by atoms with E-state index < -0.39 is 0 Å². The van der Waals surface area contributed by atoms with E-state index in [2.05, 4.69) is 20.8 Å². The van der Waals surface area contributed by atoms with Gasteiger partial charge in [0, 0.05) is 0 Å². The van der Waals surface area contributed by atoms with Gasteiger partial charge in [-0.2, -0.15) is 0 Å². The minimum Gasteiger partial charge on any atom is -0.105 e. The molecule has 0 aliphatic rings. The molecule has 0 N–H and O–H groups in total. The summed E-state index contributed by atoms with van der Waals surface area (Å²) in [6.07, 6.45) is 1.95. The highest BCUT2D eigenvalue weighted by Crippen LogP contribution is 2.27. The van der Waals surface area contributed by atoms with Crippen LogP contribution in [0.15, 0.2) is 0 Å². The lowest BCUT2D eigenvalue weighted by atomic mass is 9.91. The van der Waals surface area contributed by atoms with Crippen molar-refractivity contribution in [2.75, 3.05) is 0 Å². The van der Waals surface area contributed by atoms with Gasteiger partial charge in [0.05, 0.1) is 0 Å². The number of halogens is 2. The Morgan fingerprint density at radius 2 is 1.90 bits per heavy atom. The van der Waals surface area contributed by atoms with Gasteiger partial charge in [-0.15, -0.1) is 23.2 Å². The molecule has 0 saturated heterocycles. The molecule has 0 aromatic rings. The summed E-state index contributed by atoms with van der Waals surface area (Å²) in [7, 11) is 0. The van der Waals surface area contributed by atoms with Gasteiger partial charge in [0.2, 0.25) is 0 Å². The van der Waals surface area contributed by atoms with E-state index in [0.717, 1.165) is 12.8 Å². The topological polar surface area (TPSA) is 0 Å². The predicted molar refractivity (Wildman–Crippen MR) is 48.4 cm³/mol. The molecule has 2 unspecified atom stereocenters. The summed E-state index contributed by atoms with van der Waals surface area (Å²) >= 11 is 11.5. The second-order valence-corrected chi connectivity index (χ2v) is 3.84. The largest absolute Gasteiger partial charge is 0.110 e. The van der Waals surface area contributed by atoms with Crippen LogP contribution in [-0.2, 0) is 0 Å². The Labute approximate surface area is 73.9 Å². The van der Waals surface area contributed by atoms with Crippen molar-refractivity contribution in [2.45, 2.75) is 31.5 Å². The molecule has 0 rings (SSSR count). The van der Waals surface area contributed by atoms with Crippen molar-refractivity contribution >= 4 is 23.2 Å². The molecule has 1 radical (unpaired) electrons. The molecule has 10 heavy (non-hydrogen) atoms. The van der Waals surface area contributed by atoms with E-state index in [4.69, 9.17) is 23.2 Å². The van der Waals surface area contributed by atoms with Crippen LogP contribution in [0.1, 0.15) is 26.7 Å². The monoisotopic (exact) mass is 181 g/mol. The van der Waals surface area contributed by atoms with Crippen LogP contribution in [0.5, 0.6) is 0 Å². The van der Waals surface area contributed by atoms with E-state index in [-0.39, 0.29) is 4.84 Å². The van der Waals surface area contributed by atoms with Crippen molar-refractivity contribution in [3.8, 4) is 0 Å². The highest BCUT2D eigenvalue weighted by atomic mass is 35.5. The first kappa shape index (κ1) is 10.6. The van der Waals surface area contributed by atoms with Gasteiger partial charge < -0.3 is 0 Å². The summed E-state index contributed by atoms with van der Waals surface area (Å²) in [5.41, 5.74) is 0. The second-order valence-electron chi connectivity index (χ2n) is 2.67. The molecule has 0 nitrogen and oxygen atoms in total.